The van der Waals surface area contributed by atoms with Crippen LogP contribution in [0.3, 0.4) is 0 Å². The molecular formula is C14H23NO3. The van der Waals surface area contributed by atoms with Crippen LogP contribution in [0.2, 0.25) is 0 Å². The third-order valence-corrected chi connectivity index (χ3v) is 2.94. The Hall–Kier alpha value is -1.10. The maximum Gasteiger partial charge on any atom is 0.122 e. The van der Waals surface area contributed by atoms with Gasteiger partial charge in [0.05, 0.1) is 12.7 Å². The van der Waals surface area contributed by atoms with Crippen molar-refractivity contribution in [3.63, 3.8) is 0 Å². The van der Waals surface area contributed by atoms with Crippen LogP contribution in [0, 0.1) is 0 Å². The van der Waals surface area contributed by atoms with Crippen molar-refractivity contribution in [1.82, 2.24) is 0 Å². The van der Waals surface area contributed by atoms with E-state index in [1.54, 1.807) is 7.11 Å². The van der Waals surface area contributed by atoms with Crippen molar-refractivity contribution in [3.8, 4) is 5.75 Å². The monoisotopic (exact) mass is 253 g/mol. The van der Waals surface area contributed by atoms with Gasteiger partial charge in [0.25, 0.3) is 0 Å². The number of ether oxygens (including phenoxy) is 2. The molecule has 0 saturated carbocycles. The van der Waals surface area contributed by atoms with Crippen molar-refractivity contribution in [2.75, 3.05) is 26.9 Å². The van der Waals surface area contributed by atoms with E-state index in [-0.39, 0.29) is 6.61 Å². The van der Waals surface area contributed by atoms with Gasteiger partial charge in [0.1, 0.15) is 5.75 Å². The minimum atomic E-state index is -0.427. The van der Waals surface area contributed by atoms with Gasteiger partial charge in [0.2, 0.25) is 0 Å². The summed E-state index contributed by atoms with van der Waals surface area (Å²) in [5.41, 5.74) is 6.45. The Morgan fingerprint density at radius 2 is 2.06 bits per heavy atom. The first kappa shape index (κ1) is 15.0. The fourth-order valence-electron chi connectivity index (χ4n) is 1.82. The third-order valence-electron chi connectivity index (χ3n) is 2.94. The van der Waals surface area contributed by atoms with E-state index in [4.69, 9.17) is 20.3 Å². The number of hydrogen-bond acceptors (Lipinski definition) is 4. The fourth-order valence-corrected chi connectivity index (χ4v) is 1.82. The van der Waals surface area contributed by atoms with Crippen molar-refractivity contribution in [2.45, 2.75) is 25.4 Å². The molecule has 102 valence electrons. The van der Waals surface area contributed by atoms with Crippen LogP contribution in [-0.4, -0.2) is 37.6 Å². The van der Waals surface area contributed by atoms with Crippen LogP contribution in [0.25, 0.3) is 0 Å². The van der Waals surface area contributed by atoms with Crippen molar-refractivity contribution in [3.05, 3.63) is 29.8 Å². The Balaban J connectivity index is 2.71. The Bertz CT molecular complexity index is 357. The van der Waals surface area contributed by atoms with Gasteiger partial charge in [0, 0.05) is 26.2 Å². The van der Waals surface area contributed by atoms with Crippen LogP contribution >= 0.6 is 0 Å². The highest BCUT2D eigenvalue weighted by Gasteiger charge is 2.25. The van der Waals surface area contributed by atoms with E-state index in [2.05, 4.69) is 0 Å². The van der Waals surface area contributed by atoms with Gasteiger partial charge in [-0.2, -0.15) is 0 Å². The van der Waals surface area contributed by atoms with Crippen LogP contribution < -0.4 is 10.5 Å². The van der Waals surface area contributed by atoms with E-state index >= 15 is 0 Å². The smallest absolute Gasteiger partial charge is 0.122 e. The average molecular weight is 253 g/mol. The lowest BCUT2D eigenvalue weighted by Crippen LogP contribution is -2.40. The molecule has 3 N–H and O–H groups in total. The number of aliphatic hydroxyl groups excluding tert-OH is 1. The molecule has 0 saturated heterocycles. The number of para-hydroxylation sites is 1. The maximum atomic E-state index is 8.78. The van der Waals surface area contributed by atoms with Crippen molar-refractivity contribution < 1.29 is 14.6 Å². The molecule has 0 aromatic heterocycles. The second-order valence-electron chi connectivity index (χ2n) is 4.57. The summed E-state index contributed by atoms with van der Waals surface area (Å²) in [6.07, 6.45) is 1.32. The Labute approximate surface area is 109 Å². The molecule has 4 nitrogen and oxygen atoms in total. The quantitative estimate of drug-likeness (QED) is 0.686. The van der Waals surface area contributed by atoms with E-state index in [1.165, 1.54) is 0 Å². The summed E-state index contributed by atoms with van der Waals surface area (Å²) in [6, 6.07) is 7.86. The second kappa shape index (κ2) is 7.36. The summed E-state index contributed by atoms with van der Waals surface area (Å²) in [4.78, 5) is 0. The van der Waals surface area contributed by atoms with Gasteiger partial charge in [-0.3, -0.25) is 0 Å². The molecule has 1 aromatic carbocycles. The SMILES string of the molecule is COc1ccccc1CC(C)(CN)OCCCO. The summed E-state index contributed by atoms with van der Waals surface area (Å²) in [6.45, 7) is 3.06. The molecule has 4 heteroatoms. The van der Waals surface area contributed by atoms with Crippen molar-refractivity contribution in [1.29, 1.82) is 0 Å². The highest BCUT2D eigenvalue weighted by molar-refractivity contribution is 5.34. The lowest BCUT2D eigenvalue weighted by atomic mass is 9.95. The molecular weight excluding hydrogens is 230 g/mol. The third kappa shape index (κ3) is 4.29. The lowest BCUT2D eigenvalue weighted by molar-refractivity contribution is -0.0295. The van der Waals surface area contributed by atoms with Gasteiger partial charge < -0.3 is 20.3 Å². The van der Waals surface area contributed by atoms with E-state index in [1.807, 2.05) is 31.2 Å². The number of rotatable bonds is 8. The Morgan fingerprint density at radius 1 is 1.33 bits per heavy atom. The topological polar surface area (TPSA) is 64.7 Å². The molecule has 18 heavy (non-hydrogen) atoms. The first-order valence-electron chi connectivity index (χ1n) is 6.22. The molecule has 0 fully saturated rings. The van der Waals surface area contributed by atoms with Gasteiger partial charge in [-0.1, -0.05) is 18.2 Å². The van der Waals surface area contributed by atoms with Gasteiger partial charge >= 0.3 is 0 Å². The Kier molecular flexibility index (Phi) is 6.12. The summed E-state index contributed by atoms with van der Waals surface area (Å²) < 4.78 is 11.1. The molecule has 0 radical (unpaired) electrons. The second-order valence-corrected chi connectivity index (χ2v) is 4.57. The van der Waals surface area contributed by atoms with Crippen LogP contribution in [0.15, 0.2) is 24.3 Å². The zero-order valence-corrected chi connectivity index (χ0v) is 11.2. The first-order valence-corrected chi connectivity index (χ1v) is 6.22. The summed E-state index contributed by atoms with van der Waals surface area (Å²) >= 11 is 0. The molecule has 0 bridgehead atoms. The van der Waals surface area contributed by atoms with Gasteiger partial charge in [-0.05, 0) is 25.0 Å². The number of nitrogens with two attached hydrogens (primary N) is 1. The molecule has 0 spiro atoms. The van der Waals surface area contributed by atoms with Crippen LogP contribution in [0.4, 0.5) is 0 Å². The van der Waals surface area contributed by atoms with Crippen LogP contribution in [0.1, 0.15) is 18.9 Å². The molecule has 0 aliphatic carbocycles. The summed E-state index contributed by atoms with van der Waals surface area (Å²) in [5.74, 6) is 0.850. The maximum absolute atomic E-state index is 8.78. The number of aliphatic hydroxyl groups is 1. The summed E-state index contributed by atoms with van der Waals surface area (Å²) in [5, 5.41) is 8.78. The predicted octanol–water partition coefficient (Wildman–Crippen LogP) is 1.35. The zero-order chi connectivity index (χ0) is 13.4. The largest absolute Gasteiger partial charge is 0.496 e. The number of benzene rings is 1. The van der Waals surface area contributed by atoms with E-state index in [9.17, 15) is 0 Å². The van der Waals surface area contributed by atoms with Crippen LogP contribution in [0.5, 0.6) is 5.75 Å². The normalized spacial score (nSPS) is 14.2. The van der Waals surface area contributed by atoms with Gasteiger partial charge in [-0.15, -0.1) is 0 Å². The highest BCUT2D eigenvalue weighted by atomic mass is 16.5. The standard InChI is InChI=1S/C14H23NO3/c1-14(11-15,18-9-5-8-16)10-12-6-3-4-7-13(12)17-2/h3-4,6-7,16H,5,8-11,15H2,1-2H3. The lowest BCUT2D eigenvalue weighted by Gasteiger charge is -2.29. The minimum absolute atomic E-state index is 0.134. The zero-order valence-electron chi connectivity index (χ0n) is 11.2. The van der Waals surface area contributed by atoms with E-state index in [0.717, 1.165) is 11.3 Å². The Morgan fingerprint density at radius 3 is 2.67 bits per heavy atom. The molecule has 1 unspecified atom stereocenters. The molecule has 1 rings (SSSR count). The van der Waals surface area contributed by atoms with Crippen molar-refractivity contribution >= 4 is 0 Å². The average Bonchev–Trinajstić information content (AvgIpc) is 2.40. The van der Waals surface area contributed by atoms with Gasteiger partial charge in [-0.25, -0.2) is 0 Å². The number of methoxy groups -OCH3 is 1. The summed E-state index contributed by atoms with van der Waals surface area (Å²) in [7, 11) is 1.66. The van der Waals surface area contributed by atoms with Crippen molar-refractivity contribution in [2.24, 2.45) is 5.73 Å². The predicted molar refractivity (Wildman–Crippen MR) is 71.8 cm³/mol. The van der Waals surface area contributed by atoms with Crippen LogP contribution in [-0.2, 0) is 11.2 Å². The number of hydrogen-bond donors (Lipinski definition) is 2. The van der Waals surface area contributed by atoms with Gasteiger partial charge in [0.15, 0.2) is 0 Å². The molecule has 0 aliphatic rings. The molecule has 0 amide bonds. The molecule has 1 atom stereocenters. The minimum Gasteiger partial charge on any atom is -0.496 e. The van der Waals surface area contributed by atoms with E-state index < -0.39 is 5.60 Å². The fraction of sp³-hybridized carbons (Fsp3) is 0.571. The first-order chi connectivity index (χ1) is 8.65. The molecule has 0 heterocycles. The molecule has 1 aromatic rings. The highest BCUT2D eigenvalue weighted by Crippen LogP contribution is 2.24. The van der Waals surface area contributed by atoms with E-state index in [0.29, 0.717) is 26.0 Å². The molecule has 0 aliphatic heterocycles.